The third-order valence-electron chi connectivity index (χ3n) is 5.99. The number of hydrogen-bond donors (Lipinski definition) is 0. The highest BCUT2D eigenvalue weighted by atomic mass is 35.5. The molecule has 0 atom stereocenters. The van der Waals surface area contributed by atoms with Crippen molar-refractivity contribution in [2.75, 3.05) is 18.1 Å². The topological polar surface area (TPSA) is 86.5 Å². The molecule has 8 heteroatoms. The molecule has 0 aliphatic carbocycles. The van der Waals surface area contributed by atoms with Gasteiger partial charge in [-0.15, -0.1) is 0 Å². The number of amides is 3. The predicted octanol–water partition coefficient (Wildman–Crippen LogP) is 5.21. The van der Waals surface area contributed by atoms with Crippen LogP contribution in [0, 0.1) is 18.3 Å². The number of urea groups is 1. The van der Waals surface area contributed by atoms with Crippen LogP contribution in [0.4, 0.5) is 10.5 Å². The minimum atomic E-state index is -1.06. The van der Waals surface area contributed by atoms with Gasteiger partial charge in [0, 0.05) is 12.4 Å². The average Bonchev–Trinajstić information content (AvgIpc) is 3.01. The average molecular weight is 475 g/mol. The van der Waals surface area contributed by atoms with E-state index in [1.807, 2.05) is 42.5 Å². The summed E-state index contributed by atoms with van der Waals surface area (Å²) in [6, 6.07) is 16.2. The van der Waals surface area contributed by atoms with E-state index in [9.17, 15) is 14.9 Å². The van der Waals surface area contributed by atoms with Crippen LogP contribution in [0.15, 0.2) is 60.9 Å². The number of hydrogen-bond acceptors (Lipinski definition) is 5. The molecule has 1 aliphatic heterocycles. The Hall–Kier alpha value is -3.89. The maximum absolute atomic E-state index is 13.3. The molecule has 3 aromatic rings. The number of pyridine rings is 1. The summed E-state index contributed by atoms with van der Waals surface area (Å²) in [6.45, 7) is 5.55. The first kappa shape index (κ1) is 23.3. The van der Waals surface area contributed by atoms with Gasteiger partial charge < -0.3 is 9.64 Å². The lowest BCUT2D eigenvalue weighted by atomic mass is 10.0. The maximum Gasteiger partial charge on any atom is 0.332 e. The summed E-state index contributed by atoms with van der Waals surface area (Å²) in [7, 11) is 0. The molecule has 0 saturated carbocycles. The Morgan fingerprint density at radius 2 is 1.68 bits per heavy atom. The van der Waals surface area contributed by atoms with Crippen molar-refractivity contribution in [1.82, 2.24) is 9.88 Å². The number of rotatable bonds is 6. The highest BCUT2D eigenvalue weighted by Crippen LogP contribution is 2.36. The number of anilines is 1. The first-order chi connectivity index (χ1) is 16.3. The Balaban J connectivity index is 1.47. The van der Waals surface area contributed by atoms with Crippen LogP contribution in [0.1, 0.15) is 25.0 Å². The number of halogens is 1. The van der Waals surface area contributed by atoms with E-state index < -0.39 is 11.6 Å². The number of nitriles is 1. The van der Waals surface area contributed by atoms with E-state index in [1.165, 1.54) is 11.0 Å². The molecule has 4 rings (SSSR count). The van der Waals surface area contributed by atoms with Crippen LogP contribution in [0.5, 0.6) is 5.75 Å². The molecular weight excluding hydrogens is 452 g/mol. The zero-order chi connectivity index (χ0) is 24.5. The lowest BCUT2D eigenvalue weighted by Crippen LogP contribution is -2.46. The summed E-state index contributed by atoms with van der Waals surface area (Å²) < 4.78 is 5.86. The predicted molar refractivity (Wildman–Crippen MR) is 130 cm³/mol. The smallest absolute Gasteiger partial charge is 0.332 e. The summed E-state index contributed by atoms with van der Waals surface area (Å²) >= 11 is 6.27. The van der Waals surface area contributed by atoms with Crippen LogP contribution >= 0.6 is 11.6 Å². The molecule has 2 heterocycles. The Kier molecular flexibility index (Phi) is 6.27. The quantitative estimate of drug-likeness (QED) is 0.458. The zero-order valence-electron chi connectivity index (χ0n) is 19.1. The van der Waals surface area contributed by atoms with Crippen LogP contribution in [-0.2, 0) is 4.79 Å². The van der Waals surface area contributed by atoms with Crippen LogP contribution in [0.25, 0.3) is 11.1 Å². The fourth-order valence-corrected chi connectivity index (χ4v) is 4.17. The van der Waals surface area contributed by atoms with Crippen LogP contribution in [0.3, 0.4) is 0 Å². The zero-order valence-corrected chi connectivity index (χ0v) is 19.8. The van der Waals surface area contributed by atoms with E-state index >= 15 is 0 Å². The van der Waals surface area contributed by atoms with Gasteiger partial charge in [-0.3, -0.25) is 9.78 Å². The number of imide groups is 1. The van der Waals surface area contributed by atoms with Gasteiger partial charge in [0.15, 0.2) is 0 Å². The van der Waals surface area contributed by atoms with Crippen LogP contribution in [0.2, 0.25) is 5.02 Å². The maximum atomic E-state index is 13.3. The van der Waals surface area contributed by atoms with Crippen molar-refractivity contribution in [3.8, 4) is 22.9 Å². The summed E-state index contributed by atoms with van der Waals surface area (Å²) in [4.78, 5) is 33.1. The van der Waals surface area contributed by atoms with Crippen molar-refractivity contribution in [2.24, 2.45) is 0 Å². The number of carbonyl (C=O) groups excluding carboxylic acids is 2. The molecule has 34 heavy (non-hydrogen) atoms. The van der Waals surface area contributed by atoms with Crippen molar-refractivity contribution >= 4 is 29.2 Å². The summed E-state index contributed by atoms with van der Waals surface area (Å²) in [5.41, 5.74) is 2.22. The van der Waals surface area contributed by atoms with E-state index in [4.69, 9.17) is 16.3 Å². The summed E-state index contributed by atoms with van der Waals surface area (Å²) in [5, 5.41) is 9.42. The number of benzene rings is 2. The fraction of sp³-hybridized carbons (Fsp3) is 0.231. The van der Waals surface area contributed by atoms with Crippen LogP contribution in [-0.4, -0.2) is 40.5 Å². The molecule has 172 valence electrons. The normalized spacial score (nSPS) is 14.9. The SMILES string of the molecule is Cc1c(N2C(=O)N(CCOc3ccc(-c4ccncc4)cc3)C(C)(C)C2=O)ccc(C#N)c1Cl. The molecule has 7 nitrogen and oxygen atoms in total. The van der Waals surface area contributed by atoms with Gasteiger partial charge in [0.1, 0.15) is 24.0 Å². The van der Waals surface area contributed by atoms with E-state index in [0.717, 1.165) is 16.0 Å². The molecule has 3 amide bonds. The minimum Gasteiger partial charge on any atom is -0.492 e. The molecule has 0 unspecified atom stereocenters. The standard InChI is InChI=1S/C26H23ClN4O3/c1-17-22(9-6-20(16-28)23(17)27)31-24(32)26(2,3)30(25(31)33)14-15-34-21-7-4-18(5-8-21)19-10-12-29-13-11-19/h4-13H,14-15H2,1-3H3. The Morgan fingerprint density at radius 1 is 1.03 bits per heavy atom. The van der Waals surface area contributed by atoms with E-state index in [-0.39, 0.29) is 24.1 Å². The Labute approximate surface area is 203 Å². The van der Waals surface area contributed by atoms with Crippen molar-refractivity contribution < 1.29 is 14.3 Å². The van der Waals surface area contributed by atoms with Gasteiger partial charge in [-0.1, -0.05) is 23.7 Å². The monoisotopic (exact) mass is 474 g/mol. The first-order valence-electron chi connectivity index (χ1n) is 10.7. The second-order valence-corrected chi connectivity index (χ2v) is 8.80. The summed E-state index contributed by atoms with van der Waals surface area (Å²) in [5.74, 6) is 0.309. The summed E-state index contributed by atoms with van der Waals surface area (Å²) in [6.07, 6.45) is 3.49. The second kappa shape index (κ2) is 9.16. The lowest BCUT2D eigenvalue weighted by Gasteiger charge is -2.27. The van der Waals surface area contributed by atoms with Gasteiger partial charge in [-0.25, -0.2) is 9.69 Å². The molecule has 1 saturated heterocycles. The van der Waals surface area contributed by atoms with Gasteiger partial charge >= 0.3 is 6.03 Å². The third-order valence-corrected chi connectivity index (χ3v) is 6.48. The van der Waals surface area contributed by atoms with E-state index in [0.29, 0.717) is 22.6 Å². The number of carbonyl (C=O) groups is 2. The molecule has 1 aromatic heterocycles. The van der Waals surface area contributed by atoms with Crippen LogP contribution < -0.4 is 9.64 Å². The highest BCUT2D eigenvalue weighted by Gasteiger charge is 2.52. The molecule has 1 fully saturated rings. The minimum absolute atomic E-state index is 0.220. The second-order valence-electron chi connectivity index (χ2n) is 8.43. The number of ether oxygens (including phenoxy) is 1. The van der Waals surface area contributed by atoms with E-state index in [2.05, 4.69) is 4.98 Å². The molecule has 0 spiro atoms. The van der Waals surface area contributed by atoms with Crippen molar-refractivity contribution in [3.05, 3.63) is 77.1 Å². The van der Waals surface area contributed by atoms with Gasteiger partial charge in [0.05, 0.1) is 22.8 Å². The van der Waals surface area contributed by atoms with E-state index in [1.54, 1.807) is 39.2 Å². The molecule has 1 aliphatic rings. The largest absolute Gasteiger partial charge is 0.492 e. The third kappa shape index (κ3) is 4.09. The van der Waals surface area contributed by atoms with Gasteiger partial charge in [0.2, 0.25) is 0 Å². The van der Waals surface area contributed by atoms with Crippen molar-refractivity contribution in [2.45, 2.75) is 26.3 Å². The number of nitrogens with zero attached hydrogens (tertiary/aromatic N) is 4. The highest BCUT2D eigenvalue weighted by molar-refractivity contribution is 6.33. The molecule has 0 radical (unpaired) electrons. The Bertz CT molecular complexity index is 1280. The lowest BCUT2D eigenvalue weighted by molar-refractivity contribution is -0.123. The molecular formula is C26H23ClN4O3. The fourth-order valence-electron chi connectivity index (χ4n) is 3.97. The molecule has 0 N–H and O–H groups in total. The van der Waals surface area contributed by atoms with Gasteiger partial charge in [0.25, 0.3) is 5.91 Å². The van der Waals surface area contributed by atoms with Gasteiger partial charge in [-0.05, 0) is 73.9 Å². The molecule has 0 bridgehead atoms. The number of aromatic nitrogens is 1. The molecule has 2 aromatic carbocycles. The first-order valence-corrected chi connectivity index (χ1v) is 11.1. The van der Waals surface area contributed by atoms with Gasteiger partial charge in [-0.2, -0.15) is 5.26 Å². The van der Waals surface area contributed by atoms with Crippen molar-refractivity contribution in [3.63, 3.8) is 0 Å². The Morgan fingerprint density at radius 3 is 2.32 bits per heavy atom. The van der Waals surface area contributed by atoms with Crippen molar-refractivity contribution in [1.29, 1.82) is 5.26 Å².